The van der Waals surface area contributed by atoms with Crippen LogP contribution < -0.4 is 10.0 Å². The van der Waals surface area contributed by atoms with Crippen LogP contribution in [0.15, 0.2) is 18.2 Å². The number of amides is 1. The van der Waals surface area contributed by atoms with E-state index in [4.69, 9.17) is 0 Å². The molecule has 9 heteroatoms. The van der Waals surface area contributed by atoms with Gasteiger partial charge in [0.15, 0.2) is 5.69 Å². The maximum absolute atomic E-state index is 12.2. The highest BCUT2D eigenvalue weighted by Gasteiger charge is 2.16. The van der Waals surface area contributed by atoms with Gasteiger partial charge in [0.05, 0.1) is 17.6 Å². The van der Waals surface area contributed by atoms with Gasteiger partial charge in [-0.3, -0.25) is 4.79 Å². The lowest BCUT2D eigenvalue weighted by Gasteiger charge is -2.05. The van der Waals surface area contributed by atoms with Crippen molar-refractivity contribution in [1.29, 1.82) is 0 Å². The number of benzene rings is 1. The predicted molar refractivity (Wildman–Crippen MR) is 90.7 cm³/mol. The standard InChI is InChI=1S/C15H21N5O3S/c1-10-5-6-13(11(2)9-10)20-18-12(3)14(19-20)15(21)16-7-8-17-24(4,22)23/h5-6,9,17H,7-8H2,1-4H3,(H,16,21). The molecule has 0 saturated carbocycles. The molecule has 2 rings (SSSR count). The summed E-state index contributed by atoms with van der Waals surface area (Å²) in [7, 11) is -3.27. The average molecular weight is 351 g/mol. The van der Waals surface area contributed by atoms with Crippen molar-refractivity contribution in [2.45, 2.75) is 20.8 Å². The molecule has 8 nitrogen and oxygen atoms in total. The fourth-order valence-electron chi connectivity index (χ4n) is 2.22. The summed E-state index contributed by atoms with van der Waals surface area (Å²) in [5, 5.41) is 11.2. The van der Waals surface area contributed by atoms with E-state index in [1.807, 2.05) is 32.0 Å². The van der Waals surface area contributed by atoms with E-state index in [9.17, 15) is 13.2 Å². The zero-order valence-electron chi connectivity index (χ0n) is 14.1. The lowest BCUT2D eigenvalue weighted by molar-refractivity contribution is 0.0948. The minimum Gasteiger partial charge on any atom is -0.349 e. The third-order valence-corrected chi connectivity index (χ3v) is 4.07. The van der Waals surface area contributed by atoms with Crippen LogP contribution in [0.5, 0.6) is 0 Å². The normalized spacial score (nSPS) is 11.5. The number of nitrogens with one attached hydrogen (secondary N) is 2. The van der Waals surface area contributed by atoms with Crippen LogP contribution in [0.3, 0.4) is 0 Å². The number of sulfonamides is 1. The molecule has 0 aliphatic rings. The Bertz CT molecular complexity index is 858. The SMILES string of the molecule is Cc1ccc(-n2nc(C)c(C(=O)NCCNS(C)(=O)=O)n2)c(C)c1. The molecule has 0 fully saturated rings. The Morgan fingerprint density at radius 2 is 1.88 bits per heavy atom. The van der Waals surface area contributed by atoms with E-state index in [0.29, 0.717) is 5.69 Å². The Hall–Kier alpha value is -2.26. The van der Waals surface area contributed by atoms with E-state index in [1.165, 1.54) is 4.80 Å². The summed E-state index contributed by atoms with van der Waals surface area (Å²) >= 11 is 0. The van der Waals surface area contributed by atoms with Crippen molar-refractivity contribution in [3.8, 4) is 5.69 Å². The van der Waals surface area contributed by atoms with Gasteiger partial charge in [0.2, 0.25) is 10.0 Å². The summed E-state index contributed by atoms with van der Waals surface area (Å²) in [6.07, 6.45) is 1.06. The van der Waals surface area contributed by atoms with E-state index in [1.54, 1.807) is 6.92 Å². The molecule has 1 amide bonds. The fraction of sp³-hybridized carbons (Fsp3) is 0.400. The quantitative estimate of drug-likeness (QED) is 0.736. The van der Waals surface area contributed by atoms with Gasteiger partial charge in [-0.25, -0.2) is 13.1 Å². The van der Waals surface area contributed by atoms with Crippen LogP contribution in [0.2, 0.25) is 0 Å². The minimum atomic E-state index is -3.27. The molecule has 0 aliphatic carbocycles. The number of aryl methyl sites for hydroxylation is 3. The maximum atomic E-state index is 12.2. The van der Waals surface area contributed by atoms with Crippen molar-refractivity contribution in [1.82, 2.24) is 25.0 Å². The van der Waals surface area contributed by atoms with Gasteiger partial charge in [0, 0.05) is 13.1 Å². The molecule has 2 N–H and O–H groups in total. The Labute approximate surface area is 141 Å². The summed E-state index contributed by atoms with van der Waals surface area (Å²) in [6, 6.07) is 5.88. The number of nitrogens with zero attached hydrogens (tertiary/aromatic N) is 3. The van der Waals surface area contributed by atoms with Crippen molar-refractivity contribution in [2.75, 3.05) is 19.3 Å². The monoisotopic (exact) mass is 351 g/mol. The van der Waals surface area contributed by atoms with Crippen LogP contribution in [-0.4, -0.2) is 48.7 Å². The van der Waals surface area contributed by atoms with Gasteiger partial charge < -0.3 is 5.32 Å². The third-order valence-electron chi connectivity index (χ3n) is 3.34. The fourth-order valence-corrected chi connectivity index (χ4v) is 2.70. The van der Waals surface area contributed by atoms with E-state index < -0.39 is 10.0 Å². The van der Waals surface area contributed by atoms with E-state index in [0.717, 1.165) is 23.1 Å². The van der Waals surface area contributed by atoms with Gasteiger partial charge in [0.1, 0.15) is 0 Å². The van der Waals surface area contributed by atoms with Crippen LogP contribution in [0.25, 0.3) is 5.69 Å². The second-order valence-corrected chi connectivity index (χ2v) is 7.47. The van der Waals surface area contributed by atoms with Crippen molar-refractivity contribution in [3.63, 3.8) is 0 Å². The number of hydrogen-bond donors (Lipinski definition) is 2. The van der Waals surface area contributed by atoms with E-state index in [2.05, 4.69) is 20.2 Å². The molecule has 0 atom stereocenters. The third kappa shape index (κ3) is 4.62. The highest BCUT2D eigenvalue weighted by molar-refractivity contribution is 7.88. The van der Waals surface area contributed by atoms with Crippen LogP contribution in [0.1, 0.15) is 27.3 Å². The molecular formula is C15H21N5O3S. The summed E-state index contributed by atoms with van der Waals surface area (Å²) in [5.41, 5.74) is 3.67. The zero-order valence-corrected chi connectivity index (χ0v) is 14.9. The molecule has 1 aromatic carbocycles. The minimum absolute atomic E-state index is 0.120. The largest absolute Gasteiger partial charge is 0.349 e. The summed E-state index contributed by atoms with van der Waals surface area (Å²) < 4.78 is 24.2. The van der Waals surface area contributed by atoms with Crippen LogP contribution in [0.4, 0.5) is 0 Å². The molecule has 0 aliphatic heterocycles. The summed E-state index contributed by atoms with van der Waals surface area (Å²) in [4.78, 5) is 13.6. The molecular weight excluding hydrogens is 330 g/mol. The van der Waals surface area contributed by atoms with Gasteiger partial charge in [0.25, 0.3) is 5.91 Å². The van der Waals surface area contributed by atoms with Gasteiger partial charge in [-0.2, -0.15) is 9.90 Å². The van der Waals surface area contributed by atoms with Gasteiger partial charge in [-0.1, -0.05) is 17.7 Å². The molecule has 1 aromatic heterocycles. The number of hydrogen-bond acceptors (Lipinski definition) is 5. The molecule has 0 saturated heterocycles. The molecule has 1 heterocycles. The first kappa shape index (κ1) is 18.1. The van der Waals surface area contributed by atoms with Crippen molar-refractivity contribution in [2.24, 2.45) is 0 Å². The Morgan fingerprint density at radius 3 is 2.50 bits per heavy atom. The molecule has 0 unspecified atom stereocenters. The molecule has 0 radical (unpaired) electrons. The van der Waals surface area contributed by atoms with Gasteiger partial charge in [-0.05, 0) is 32.4 Å². The van der Waals surface area contributed by atoms with Crippen molar-refractivity contribution in [3.05, 3.63) is 40.7 Å². The number of carbonyl (C=O) groups excluding carboxylic acids is 1. The first-order valence-electron chi connectivity index (χ1n) is 7.42. The molecule has 2 aromatic rings. The second kappa shape index (κ2) is 7.10. The molecule has 130 valence electrons. The smallest absolute Gasteiger partial charge is 0.273 e. The van der Waals surface area contributed by atoms with Crippen molar-refractivity contribution >= 4 is 15.9 Å². The summed E-state index contributed by atoms with van der Waals surface area (Å²) in [5.74, 6) is -0.390. The van der Waals surface area contributed by atoms with Crippen molar-refractivity contribution < 1.29 is 13.2 Å². The van der Waals surface area contributed by atoms with E-state index in [-0.39, 0.29) is 24.7 Å². The highest BCUT2D eigenvalue weighted by Crippen LogP contribution is 2.15. The Morgan fingerprint density at radius 1 is 1.17 bits per heavy atom. The second-order valence-electron chi connectivity index (χ2n) is 5.64. The van der Waals surface area contributed by atoms with Crippen LogP contribution in [0, 0.1) is 20.8 Å². The number of rotatable bonds is 6. The average Bonchev–Trinajstić information content (AvgIpc) is 2.84. The lowest BCUT2D eigenvalue weighted by Crippen LogP contribution is -2.34. The van der Waals surface area contributed by atoms with Gasteiger partial charge in [-0.15, -0.1) is 5.10 Å². The predicted octanol–water partition coefficient (Wildman–Crippen LogP) is 0.472. The summed E-state index contributed by atoms with van der Waals surface area (Å²) in [6.45, 7) is 5.95. The Balaban J connectivity index is 2.09. The van der Waals surface area contributed by atoms with Gasteiger partial charge >= 0.3 is 0 Å². The molecule has 0 bridgehead atoms. The first-order chi connectivity index (χ1) is 11.2. The van der Waals surface area contributed by atoms with E-state index >= 15 is 0 Å². The molecule has 0 spiro atoms. The Kier molecular flexibility index (Phi) is 5.35. The highest BCUT2D eigenvalue weighted by atomic mass is 32.2. The van der Waals surface area contributed by atoms with Crippen LogP contribution in [-0.2, 0) is 10.0 Å². The number of carbonyl (C=O) groups is 1. The molecule has 24 heavy (non-hydrogen) atoms. The zero-order chi connectivity index (χ0) is 17.9. The topological polar surface area (TPSA) is 106 Å². The first-order valence-corrected chi connectivity index (χ1v) is 9.31. The number of aromatic nitrogens is 3. The van der Waals surface area contributed by atoms with Crippen LogP contribution >= 0.6 is 0 Å². The lowest BCUT2D eigenvalue weighted by atomic mass is 10.1. The maximum Gasteiger partial charge on any atom is 0.273 e.